The molecule has 30 aliphatic heterocycles. The quantitative estimate of drug-likeness (QED) is 0.0723. The minimum absolute atomic E-state index is 0. The van der Waals surface area contributed by atoms with Crippen LogP contribution in [0.25, 0.3) is 0 Å². The number of hydrogen-bond acceptors (Lipinski definition) is 42. The normalized spacial score (nSPS) is 50.7. The summed E-state index contributed by atoms with van der Waals surface area (Å²) in [6.45, 7) is -7.65. The largest absolute Gasteiger partial charge is 1.00 e. The topological polar surface area (TPSA) is 653 Å². The molecule has 30 fully saturated rings. The van der Waals surface area contributed by atoms with Crippen LogP contribution in [0.5, 0.6) is 0 Å². The molecule has 0 spiro atoms. The molecule has 41 nitrogen and oxygen atoms in total. The average Bonchev–Trinajstić information content (AvgIpc) is 0.777. The molecule has 0 saturated carbocycles. The van der Waals surface area contributed by atoms with E-state index in [4.69, 9.17) is 75.8 Å². The van der Waals surface area contributed by atoms with Gasteiger partial charge in [-0.25, -0.2) is 0 Å². The van der Waals surface area contributed by atoms with Gasteiger partial charge in [-0.15, -0.1) is 11.8 Å². The molecule has 0 aromatic heterocycles. The van der Waals surface area contributed by atoms with Gasteiger partial charge in [0.15, 0.2) is 50.3 Å². The summed E-state index contributed by atoms with van der Waals surface area (Å²) in [4.78, 5) is 11.9. The van der Waals surface area contributed by atoms with Gasteiger partial charge in [0.05, 0.1) is 58.3 Å². The molecule has 40 atom stereocenters. The van der Waals surface area contributed by atoms with E-state index in [9.17, 15) is 127 Å². The zero-order valence-corrected chi connectivity index (χ0v) is 54.4. The Morgan fingerprint density at radius 1 is 0.276 bits per heavy atom. The van der Waals surface area contributed by atoms with Crippen molar-refractivity contribution >= 4 is 17.7 Å². The molecule has 0 aliphatic carbocycles. The van der Waals surface area contributed by atoms with E-state index in [2.05, 4.69) is 0 Å². The summed E-state index contributed by atoms with van der Waals surface area (Å²) in [6, 6.07) is 5.12. The molecule has 43 heteroatoms. The van der Waals surface area contributed by atoms with Crippen molar-refractivity contribution in [3.05, 3.63) is 29.8 Å². The Hall–Kier alpha value is -1.52. The minimum Gasteiger partial charge on any atom is -0.545 e. The maximum atomic E-state index is 11.9. The molecular formula is C55H83NaO41S. The van der Waals surface area contributed by atoms with Crippen molar-refractivity contribution in [3.8, 4) is 0 Å². The van der Waals surface area contributed by atoms with Gasteiger partial charge in [-0.3, -0.25) is 0 Å². The zero-order chi connectivity index (χ0) is 70.3. The third kappa shape index (κ3) is 16.5. The number of rotatable bonds is 11. The minimum atomic E-state index is -2.27. The van der Waals surface area contributed by atoms with E-state index in [0.717, 1.165) is 11.8 Å². The average molecular weight is 1460 g/mol. The summed E-state index contributed by atoms with van der Waals surface area (Å²) in [5.74, 6) is -1.85. The number of thioether (sulfide) groups is 1. The van der Waals surface area contributed by atoms with Gasteiger partial charge < -0.3 is 203 Å². The van der Waals surface area contributed by atoms with E-state index in [0.29, 0.717) is 4.90 Å². The number of carbonyl (C=O) groups is 1. The van der Waals surface area contributed by atoms with Crippen LogP contribution in [-0.2, 0) is 75.8 Å². The molecule has 1 aromatic rings. The van der Waals surface area contributed by atoms with E-state index in [1.165, 1.54) is 24.3 Å². The van der Waals surface area contributed by atoms with Crippen molar-refractivity contribution < 1.29 is 233 Å². The molecule has 16 bridgehead atoms. The van der Waals surface area contributed by atoms with Gasteiger partial charge in [0.25, 0.3) is 0 Å². The summed E-state index contributed by atoms with van der Waals surface area (Å²) in [6.07, 6.45) is -82.4. The van der Waals surface area contributed by atoms with E-state index in [1.807, 2.05) is 0 Å². The van der Waals surface area contributed by atoms with Crippen LogP contribution in [0.4, 0.5) is 0 Å². The van der Waals surface area contributed by atoms with Crippen molar-refractivity contribution in [2.45, 2.75) is 251 Å². The second kappa shape index (κ2) is 34.8. The maximum Gasteiger partial charge on any atom is 1.00 e. The molecule has 0 amide bonds. The van der Waals surface area contributed by atoms with E-state index in [1.54, 1.807) is 0 Å². The number of aliphatic hydroxyl groups excluding tert-OH is 23. The molecular weight excluding hydrogens is 1370 g/mol. The second-order valence-corrected chi connectivity index (χ2v) is 25.5. The molecule has 1 aromatic carbocycles. The molecule has 556 valence electrons. The first-order valence-corrected chi connectivity index (χ1v) is 31.8. The Balaban J connectivity index is 0.0000112. The fourth-order valence-electron chi connectivity index (χ4n) is 12.8. The number of benzene rings is 1. The third-order valence-electron chi connectivity index (χ3n) is 18.2. The summed E-state index contributed by atoms with van der Waals surface area (Å²) >= 11 is 0.926. The standard InChI is InChI=1S/C55H84O41S.Na/c56-5-15-39-23(63)31(71)48(81-15)90-40-16(6-57)83-50(33(73)25(40)65)92-42-18(8-59)85-52(35(75)27(42)67)94-44-20(10-61)87-54(37(77)29(44)69)96-46-22(12-97-14-3-1-13(2-4-14)47(79)80)88-55(38(78)30(46)70)95-45-21(11-62)86-53(36(76)28(45)68)93-43-19(9-60)84-51(34(74)26(43)66)91-41-17(7-58)82-49(89-39)32(72)24(41)64;/h1-4,15-46,48-78H,5-12H2,(H,79,80);/q;+1/p-1/t15-,16-,17-,18-,19-,20-,21-,22-,23-,24-,25-,26-,27-,28-,29-,30-,31-,32-,33-,34-,35-,36-,37-,38-,39-,40-,41-,42-,43-,44-,45-,46-,48-,49-,50-,51-,52-,53-,54-,55-;/m1./s1. The van der Waals surface area contributed by atoms with Crippen molar-refractivity contribution in [2.24, 2.45) is 0 Å². The first kappa shape index (κ1) is 80.6. The zero-order valence-electron chi connectivity index (χ0n) is 51.6. The fourth-order valence-corrected chi connectivity index (χ4v) is 13.7. The van der Waals surface area contributed by atoms with Gasteiger partial charge in [0.1, 0.15) is 189 Å². The van der Waals surface area contributed by atoms with Crippen LogP contribution in [0, 0.1) is 0 Å². The van der Waals surface area contributed by atoms with E-state index < -0.39 is 298 Å². The number of carboxylic acids is 1. The van der Waals surface area contributed by atoms with Crippen LogP contribution >= 0.6 is 11.8 Å². The third-order valence-corrected chi connectivity index (χ3v) is 19.3. The number of hydrogen-bond donors (Lipinski definition) is 23. The van der Waals surface area contributed by atoms with Gasteiger partial charge in [-0.2, -0.15) is 0 Å². The number of carboxylic acid groups (broad SMARTS) is 1. The van der Waals surface area contributed by atoms with Crippen molar-refractivity contribution in [1.29, 1.82) is 0 Å². The molecule has 30 heterocycles. The Labute approximate surface area is 580 Å². The van der Waals surface area contributed by atoms with Crippen LogP contribution in [0.2, 0.25) is 0 Å². The molecule has 30 aliphatic rings. The fraction of sp³-hybridized carbons (Fsp3) is 0.873. The van der Waals surface area contributed by atoms with Gasteiger partial charge >= 0.3 is 29.6 Å². The Morgan fingerprint density at radius 2 is 0.439 bits per heavy atom. The molecule has 0 unspecified atom stereocenters. The summed E-state index contributed by atoms with van der Waals surface area (Å²) in [5.41, 5.74) is -0.210. The first-order chi connectivity index (χ1) is 46.2. The van der Waals surface area contributed by atoms with Crippen LogP contribution in [0.15, 0.2) is 29.2 Å². The Morgan fingerprint density at radius 3 is 0.602 bits per heavy atom. The SMILES string of the molecule is O=C([O-])c1ccc(SC[C@H]2O[C@@H]3O[C@H]4[C@H](O)[C@@H](O)[C@@H](O[C@H]5[C@H](O)[C@@H](O)[C@@H](O[C@H]6[C@H](O)[C@@H](O)[C@@H](O[C@H]7[C@H](O)[C@@H](O)[C@@H](O[C@H]8[C@H](O)[C@@H](O)[C@@H](O[C@H]9[C@H](O)[C@@H](O)[C@@H](O[C@H]%10[C@H](O)[C@@H](O)[C@@H](O[C@H]2[C@H](O)[C@H]3O)O[C@@H]%10CO)O[C@@H]9CO)O[C@@H]8CO)O[C@@H]7CO)O[C@@H]6CO)O[C@@H]5CO)O[C@@H]4CO)cc1.[Na+]. The van der Waals surface area contributed by atoms with E-state index >= 15 is 0 Å². The number of ether oxygens (including phenoxy) is 16. The van der Waals surface area contributed by atoms with E-state index in [-0.39, 0.29) is 40.9 Å². The van der Waals surface area contributed by atoms with Crippen molar-refractivity contribution in [3.63, 3.8) is 0 Å². The number of aliphatic hydroxyl groups is 23. The molecule has 0 radical (unpaired) electrons. The Kier molecular flexibility index (Phi) is 28.6. The van der Waals surface area contributed by atoms with Crippen molar-refractivity contribution in [1.82, 2.24) is 0 Å². The summed E-state index contributed by atoms with van der Waals surface area (Å²) in [7, 11) is 0. The van der Waals surface area contributed by atoms with Crippen molar-refractivity contribution in [2.75, 3.05) is 52.0 Å². The number of carbonyl (C=O) groups excluding carboxylic acids is 1. The summed E-state index contributed by atoms with van der Waals surface area (Å²) in [5, 5.41) is 270. The molecule has 98 heavy (non-hydrogen) atoms. The Bertz CT molecular complexity index is 2620. The van der Waals surface area contributed by atoms with Crippen LogP contribution in [0.1, 0.15) is 10.4 Å². The molecule has 23 N–H and O–H groups in total. The van der Waals surface area contributed by atoms with Gasteiger partial charge in [-0.1, -0.05) is 12.1 Å². The maximum absolute atomic E-state index is 11.9. The molecule has 31 rings (SSSR count). The summed E-state index contributed by atoms with van der Waals surface area (Å²) < 4.78 is 92.8. The number of aromatic carboxylic acids is 1. The second-order valence-electron chi connectivity index (χ2n) is 24.4. The molecule has 30 saturated heterocycles. The van der Waals surface area contributed by atoms with Gasteiger partial charge in [0.2, 0.25) is 0 Å². The predicted molar refractivity (Wildman–Crippen MR) is 295 cm³/mol. The van der Waals surface area contributed by atoms with Gasteiger partial charge in [-0.05, 0) is 17.7 Å². The van der Waals surface area contributed by atoms with Crippen LogP contribution in [0.3, 0.4) is 0 Å². The smallest absolute Gasteiger partial charge is 0.545 e. The van der Waals surface area contributed by atoms with Crippen LogP contribution < -0.4 is 34.7 Å². The predicted octanol–water partition coefficient (Wildman–Crippen LogP) is -19.2. The monoisotopic (exact) mass is 1450 g/mol. The first-order valence-electron chi connectivity index (χ1n) is 30.8. The van der Waals surface area contributed by atoms with Gasteiger partial charge in [0, 0.05) is 10.6 Å². The van der Waals surface area contributed by atoms with Crippen LogP contribution in [-0.4, -0.2) is 421 Å².